The van der Waals surface area contributed by atoms with E-state index in [1.807, 2.05) is 19.1 Å². The maximum absolute atomic E-state index is 12.1. The summed E-state index contributed by atoms with van der Waals surface area (Å²) in [6, 6.07) is 3.97. The summed E-state index contributed by atoms with van der Waals surface area (Å²) in [5, 5.41) is 3.33. The van der Waals surface area contributed by atoms with Crippen LogP contribution in [0, 0.1) is 6.92 Å². The highest BCUT2D eigenvalue weighted by Gasteiger charge is 2.28. The van der Waals surface area contributed by atoms with E-state index >= 15 is 0 Å². The lowest BCUT2D eigenvalue weighted by Crippen LogP contribution is -2.39. The lowest BCUT2D eigenvalue weighted by molar-refractivity contribution is -0.148. The molecule has 1 aromatic carbocycles. The van der Waals surface area contributed by atoms with Crippen LogP contribution < -0.4 is 10.1 Å². The predicted molar refractivity (Wildman–Crippen MR) is 94.8 cm³/mol. The molecule has 0 saturated carbocycles. The first-order valence-corrected chi connectivity index (χ1v) is 9.33. The van der Waals surface area contributed by atoms with Gasteiger partial charge < -0.3 is 10.1 Å². The fourth-order valence-electron chi connectivity index (χ4n) is 3.31. The van der Waals surface area contributed by atoms with Crippen LogP contribution in [-0.4, -0.2) is 35.9 Å². The van der Waals surface area contributed by atoms with Gasteiger partial charge in [-0.3, -0.25) is 14.5 Å². The minimum absolute atomic E-state index is 0.0864. The van der Waals surface area contributed by atoms with Gasteiger partial charge in [0.25, 0.3) is 0 Å². The Balaban J connectivity index is 1.85. The number of nitrogens with one attached hydrogen (secondary N) is 1. The average molecular weight is 395 g/mol. The van der Waals surface area contributed by atoms with Crippen molar-refractivity contribution in [2.75, 3.05) is 13.1 Å². The number of carbonyl (C=O) groups is 2. The zero-order valence-electron chi connectivity index (χ0n) is 13.9. The van der Waals surface area contributed by atoms with E-state index in [1.165, 1.54) is 4.90 Å². The molecule has 0 bridgehead atoms. The van der Waals surface area contributed by atoms with Crippen molar-refractivity contribution in [3.63, 3.8) is 0 Å². The number of aryl methyl sites for hydroxylation is 1. The first-order valence-electron chi connectivity index (χ1n) is 8.54. The fraction of sp³-hybridized carbons (Fsp3) is 0.556. The number of hydrogen-bond acceptors (Lipinski definition) is 4. The van der Waals surface area contributed by atoms with E-state index in [2.05, 4.69) is 21.2 Å². The Hall–Kier alpha value is -1.40. The molecule has 0 atom stereocenters. The summed E-state index contributed by atoms with van der Waals surface area (Å²) >= 11 is 3.51. The van der Waals surface area contributed by atoms with Crippen LogP contribution in [0.5, 0.6) is 5.75 Å². The third-order valence-electron chi connectivity index (χ3n) is 4.60. The van der Waals surface area contributed by atoms with Crippen molar-refractivity contribution in [2.24, 2.45) is 0 Å². The van der Waals surface area contributed by atoms with Crippen molar-refractivity contribution in [3.05, 3.63) is 27.7 Å². The standard InChI is InChI=1S/C18H23BrN2O3/c1-12-9-14(19)10-13(11-21-16(22)3-2-4-17(21)23)18(12)24-15-5-7-20-8-6-15/h9-10,15,20H,2-8,11H2,1H3. The second kappa shape index (κ2) is 7.66. The smallest absolute Gasteiger partial charge is 0.229 e. The predicted octanol–water partition coefficient (Wildman–Crippen LogP) is 2.93. The lowest BCUT2D eigenvalue weighted by atomic mass is 10.0. The Kier molecular flexibility index (Phi) is 5.56. The second-order valence-corrected chi connectivity index (χ2v) is 7.42. The molecule has 2 aliphatic rings. The quantitative estimate of drug-likeness (QED) is 0.797. The van der Waals surface area contributed by atoms with Crippen LogP contribution in [0.15, 0.2) is 16.6 Å². The molecule has 0 unspecified atom stereocenters. The summed E-state index contributed by atoms with van der Waals surface area (Å²) < 4.78 is 7.21. The third kappa shape index (κ3) is 3.98. The summed E-state index contributed by atoms with van der Waals surface area (Å²) in [6.45, 7) is 4.21. The summed E-state index contributed by atoms with van der Waals surface area (Å²) in [5.74, 6) is 0.643. The number of amides is 2. The molecular weight excluding hydrogens is 372 g/mol. The minimum atomic E-state index is -0.0864. The number of likely N-dealkylation sites (tertiary alicyclic amines) is 1. The number of imide groups is 1. The van der Waals surface area contributed by atoms with Crippen LogP contribution in [0.3, 0.4) is 0 Å². The van der Waals surface area contributed by atoms with Crippen molar-refractivity contribution in [3.8, 4) is 5.75 Å². The SMILES string of the molecule is Cc1cc(Br)cc(CN2C(=O)CCCC2=O)c1OC1CCNCC1. The van der Waals surface area contributed by atoms with Crippen LogP contribution in [-0.2, 0) is 16.1 Å². The van der Waals surface area contributed by atoms with E-state index in [1.54, 1.807) is 0 Å². The first kappa shape index (κ1) is 17.4. The topological polar surface area (TPSA) is 58.6 Å². The van der Waals surface area contributed by atoms with E-state index in [4.69, 9.17) is 4.74 Å². The summed E-state index contributed by atoms with van der Waals surface area (Å²) in [4.78, 5) is 25.6. The monoisotopic (exact) mass is 394 g/mol. The van der Waals surface area contributed by atoms with Gasteiger partial charge in [-0.1, -0.05) is 15.9 Å². The molecule has 6 heteroatoms. The van der Waals surface area contributed by atoms with Gasteiger partial charge >= 0.3 is 0 Å². The van der Waals surface area contributed by atoms with Crippen LogP contribution in [0.25, 0.3) is 0 Å². The molecule has 2 heterocycles. The van der Waals surface area contributed by atoms with Gasteiger partial charge in [0.15, 0.2) is 0 Å². The van der Waals surface area contributed by atoms with Gasteiger partial charge in [0.05, 0.1) is 6.54 Å². The van der Waals surface area contributed by atoms with Gasteiger partial charge in [0.2, 0.25) is 11.8 Å². The first-order chi connectivity index (χ1) is 11.5. The van der Waals surface area contributed by atoms with Crippen LogP contribution >= 0.6 is 15.9 Å². The molecule has 0 spiro atoms. The Labute approximate surface area is 150 Å². The van der Waals surface area contributed by atoms with Crippen LogP contribution in [0.4, 0.5) is 0 Å². The summed E-state index contributed by atoms with van der Waals surface area (Å²) in [5.41, 5.74) is 1.92. The Morgan fingerprint density at radius 3 is 2.54 bits per heavy atom. The highest BCUT2D eigenvalue weighted by Crippen LogP contribution is 2.32. The van der Waals surface area contributed by atoms with Crippen LogP contribution in [0.1, 0.15) is 43.2 Å². The maximum atomic E-state index is 12.1. The molecule has 0 radical (unpaired) electrons. The number of rotatable bonds is 4. The number of benzene rings is 1. The number of ether oxygens (including phenoxy) is 1. The lowest BCUT2D eigenvalue weighted by Gasteiger charge is -2.29. The molecule has 0 aromatic heterocycles. The van der Waals surface area contributed by atoms with E-state index in [0.717, 1.165) is 47.3 Å². The molecule has 1 aromatic rings. The fourth-order valence-corrected chi connectivity index (χ4v) is 3.93. The molecule has 2 fully saturated rings. The largest absolute Gasteiger partial charge is 0.490 e. The van der Waals surface area contributed by atoms with Crippen molar-refractivity contribution in [1.82, 2.24) is 10.2 Å². The van der Waals surface area contributed by atoms with Gasteiger partial charge in [-0.05, 0) is 57.0 Å². The van der Waals surface area contributed by atoms with E-state index in [-0.39, 0.29) is 24.5 Å². The normalized spacial score (nSPS) is 19.7. The zero-order valence-corrected chi connectivity index (χ0v) is 15.5. The number of halogens is 1. The molecule has 130 valence electrons. The number of nitrogens with zero attached hydrogens (tertiary/aromatic N) is 1. The molecular formula is C18H23BrN2O3. The van der Waals surface area contributed by atoms with Gasteiger partial charge in [-0.25, -0.2) is 0 Å². The zero-order chi connectivity index (χ0) is 17.1. The van der Waals surface area contributed by atoms with Gasteiger partial charge in [-0.15, -0.1) is 0 Å². The molecule has 24 heavy (non-hydrogen) atoms. The van der Waals surface area contributed by atoms with Crippen molar-refractivity contribution in [2.45, 2.75) is 51.7 Å². The number of piperidine rings is 2. The van der Waals surface area contributed by atoms with Crippen molar-refractivity contribution < 1.29 is 14.3 Å². The molecule has 3 rings (SSSR count). The van der Waals surface area contributed by atoms with E-state index in [9.17, 15) is 9.59 Å². The van der Waals surface area contributed by atoms with Crippen molar-refractivity contribution in [1.29, 1.82) is 0 Å². The third-order valence-corrected chi connectivity index (χ3v) is 5.06. The minimum Gasteiger partial charge on any atom is -0.490 e. The maximum Gasteiger partial charge on any atom is 0.229 e. The average Bonchev–Trinajstić information content (AvgIpc) is 2.55. The van der Waals surface area contributed by atoms with E-state index < -0.39 is 0 Å². The molecule has 0 aliphatic carbocycles. The Bertz CT molecular complexity index is 625. The molecule has 5 nitrogen and oxygen atoms in total. The Morgan fingerprint density at radius 2 is 1.88 bits per heavy atom. The molecule has 2 saturated heterocycles. The highest BCUT2D eigenvalue weighted by molar-refractivity contribution is 9.10. The van der Waals surface area contributed by atoms with E-state index in [0.29, 0.717) is 19.3 Å². The van der Waals surface area contributed by atoms with Gasteiger partial charge in [0, 0.05) is 22.9 Å². The summed E-state index contributed by atoms with van der Waals surface area (Å²) in [6.07, 6.45) is 3.67. The summed E-state index contributed by atoms with van der Waals surface area (Å²) in [7, 11) is 0. The van der Waals surface area contributed by atoms with Crippen molar-refractivity contribution >= 4 is 27.7 Å². The highest BCUT2D eigenvalue weighted by atomic mass is 79.9. The molecule has 2 amide bonds. The number of carbonyl (C=O) groups excluding carboxylic acids is 2. The second-order valence-electron chi connectivity index (χ2n) is 6.51. The van der Waals surface area contributed by atoms with Gasteiger partial charge in [0.1, 0.15) is 11.9 Å². The van der Waals surface area contributed by atoms with Crippen LogP contribution in [0.2, 0.25) is 0 Å². The Morgan fingerprint density at radius 1 is 1.21 bits per heavy atom. The van der Waals surface area contributed by atoms with Gasteiger partial charge in [-0.2, -0.15) is 0 Å². The molecule has 2 aliphatic heterocycles. The number of hydrogen-bond donors (Lipinski definition) is 1. The molecule has 1 N–H and O–H groups in total.